The second-order valence-electron chi connectivity index (χ2n) is 6.18. The molecule has 2 aromatic heterocycles. The van der Waals surface area contributed by atoms with Gasteiger partial charge in [-0.1, -0.05) is 26.0 Å². The van der Waals surface area contributed by atoms with Crippen LogP contribution in [0.2, 0.25) is 0 Å². The molecule has 1 aromatic carbocycles. The van der Waals surface area contributed by atoms with Gasteiger partial charge in [-0.3, -0.25) is 9.78 Å². The predicted octanol–water partition coefficient (Wildman–Crippen LogP) is 5.60. The largest absolute Gasteiger partial charge is 0.416 e. The fourth-order valence-electron chi connectivity index (χ4n) is 2.42. The Labute approximate surface area is 158 Å². The lowest BCUT2D eigenvalue weighted by atomic mass is 10.0. The van der Waals surface area contributed by atoms with Gasteiger partial charge in [-0.25, -0.2) is 4.98 Å². The van der Waals surface area contributed by atoms with Gasteiger partial charge in [0.15, 0.2) is 5.01 Å². The summed E-state index contributed by atoms with van der Waals surface area (Å²) < 4.78 is 38.2. The van der Waals surface area contributed by atoms with Gasteiger partial charge in [0.05, 0.1) is 23.1 Å². The Hall–Kier alpha value is -2.74. The summed E-state index contributed by atoms with van der Waals surface area (Å²) in [5.74, 6) is -0.169. The van der Waals surface area contributed by atoms with Crippen molar-refractivity contribution in [2.24, 2.45) is 0 Å². The number of halogens is 3. The van der Waals surface area contributed by atoms with Crippen LogP contribution in [0.25, 0.3) is 11.1 Å². The molecule has 0 aliphatic carbocycles. The monoisotopic (exact) mass is 391 g/mol. The van der Waals surface area contributed by atoms with Crippen molar-refractivity contribution in [1.29, 1.82) is 0 Å². The minimum atomic E-state index is -4.40. The van der Waals surface area contributed by atoms with E-state index in [2.05, 4.69) is 15.3 Å². The van der Waals surface area contributed by atoms with E-state index in [9.17, 15) is 18.0 Å². The van der Waals surface area contributed by atoms with Crippen molar-refractivity contribution >= 4 is 22.9 Å². The van der Waals surface area contributed by atoms with Crippen LogP contribution in [0.4, 0.5) is 18.9 Å². The molecule has 140 valence electrons. The first-order valence-electron chi connectivity index (χ1n) is 8.14. The van der Waals surface area contributed by atoms with Gasteiger partial charge in [0.25, 0.3) is 5.91 Å². The van der Waals surface area contributed by atoms with E-state index in [1.54, 1.807) is 6.07 Å². The zero-order valence-electron chi connectivity index (χ0n) is 14.5. The standard InChI is InChI=1S/C19H16F3N3OS/c1-11(2)16-10-27-18(25-16)17(26)24-15-9-23-8-7-14(15)12-3-5-13(6-4-12)19(20,21)22/h3-11H,1-2H3,(H,24,26). The van der Waals surface area contributed by atoms with E-state index in [1.165, 1.54) is 35.9 Å². The molecule has 0 fully saturated rings. The average molecular weight is 391 g/mol. The Bertz CT molecular complexity index is 949. The molecule has 0 aliphatic heterocycles. The molecule has 4 nitrogen and oxygen atoms in total. The van der Waals surface area contributed by atoms with Gasteiger partial charge in [0, 0.05) is 17.1 Å². The number of carbonyl (C=O) groups is 1. The minimum Gasteiger partial charge on any atom is -0.318 e. The molecule has 0 spiro atoms. The van der Waals surface area contributed by atoms with Crippen LogP contribution in [0.3, 0.4) is 0 Å². The molecule has 3 aromatic rings. The molecule has 0 radical (unpaired) electrons. The van der Waals surface area contributed by atoms with Crippen molar-refractivity contribution in [1.82, 2.24) is 9.97 Å². The van der Waals surface area contributed by atoms with E-state index in [0.29, 0.717) is 21.8 Å². The van der Waals surface area contributed by atoms with Crippen LogP contribution in [0.5, 0.6) is 0 Å². The number of anilines is 1. The summed E-state index contributed by atoms with van der Waals surface area (Å²) in [5.41, 5.74) is 1.63. The molecule has 1 N–H and O–H groups in total. The fraction of sp³-hybridized carbons (Fsp3) is 0.211. The Kier molecular flexibility index (Phi) is 5.27. The van der Waals surface area contributed by atoms with Crippen LogP contribution in [-0.4, -0.2) is 15.9 Å². The first kappa shape index (κ1) is 19.0. The zero-order valence-corrected chi connectivity index (χ0v) is 15.4. The van der Waals surface area contributed by atoms with Crippen molar-refractivity contribution in [3.8, 4) is 11.1 Å². The van der Waals surface area contributed by atoms with Gasteiger partial charge in [-0.2, -0.15) is 13.2 Å². The van der Waals surface area contributed by atoms with Crippen molar-refractivity contribution in [3.63, 3.8) is 0 Å². The molecule has 2 heterocycles. The number of thiazole rings is 1. The van der Waals surface area contributed by atoms with Crippen LogP contribution < -0.4 is 5.32 Å². The maximum Gasteiger partial charge on any atom is 0.416 e. The molecular formula is C19H16F3N3OS. The summed E-state index contributed by atoms with van der Waals surface area (Å²) in [6, 6.07) is 6.40. The highest BCUT2D eigenvalue weighted by molar-refractivity contribution is 7.11. The first-order chi connectivity index (χ1) is 12.8. The quantitative estimate of drug-likeness (QED) is 0.630. The summed E-state index contributed by atoms with van der Waals surface area (Å²) in [4.78, 5) is 20.8. The highest BCUT2D eigenvalue weighted by Gasteiger charge is 2.30. The lowest BCUT2D eigenvalue weighted by molar-refractivity contribution is -0.137. The van der Waals surface area contributed by atoms with Crippen molar-refractivity contribution in [2.45, 2.75) is 25.9 Å². The summed E-state index contributed by atoms with van der Waals surface area (Å²) in [6.07, 6.45) is -1.42. The Balaban J connectivity index is 1.86. The number of aromatic nitrogens is 2. The van der Waals surface area contributed by atoms with Gasteiger partial charge in [0.1, 0.15) is 0 Å². The number of carbonyl (C=O) groups excluding carboxylic acids is 1. The molecule has 0 saturated heterocycles. The highest BCUT2D eigenvalue weighted by atomic mass is 32.1. The number of benzene rings is 1. The van der Waals surface area contributed by atoms with Crippen LogP contribution in [0, 0.1) is 0 Å². The van der Waals surface area contributed by atoms with E-state index in [1.807, 2.05) is 19.2 Å². The third kappa shape index (κ3) is 4.33. The van der Waals surface area contributed by atoms with Gasteiger partial charge in [-0.15, -0.1) is 11.3 Å². The van der Waals surface area contributed by atoms with E-state index < -0.39 is 11.7 Å². The molecule has 0 unspecified atom stereocenters. The van der Waals surface area contributed by atoms with Crippen molar-refractivity contribution in [3.05, 3.63) is 64.4 Å². The van der Waals surface area contributed by atoms with Gasteiger partial charge in [0.2, 0.25) is 0 Å². The normalized spacial score (nSPS) is 11.6. The number of pyridine rings is 1. The van der Waals surface area contributed by atoms with Crippen molar-refractivity contribution in [2.75, 3.05) is 5.32 Å². The SMILES string of the molecule is CC(C)c1csc(C(=O)Nc2cnccc2-c2ccc(C(F)(F)F)cc2)n1. The number of nitrogens with zero attached hydrogens (tertiary/aromatic N) is 2. The molecule has 1 amide bonds. The third-order valence-electron chi connectivity index (χ3n) is 3.90. The number of alkyl halides is 3. The van der Waals surface area contributed by atoms with E-state index in [-0.39, 0.29) is 11.8 Å². The molecule has 0 atom stereocenters. The summed E-state index contributed by atoms with van der Waals surface area (Å²) in [7, 11) is 0. The number of amides is 1. The smallest absolute Gasteiger partial charge is 0.318 e. The highest BCUT2D eigenvalue weighted by Crippen LogP contribution is 2.33. The lowest BCUT2D eigenvalue weighted by Gasteiger charge is -2.11. The second kappa shape index (κ2) is 7.48. The Morgan fingerprint density at radius 3 is 2.44 bits per heavy atom. The number of nitrogens with one attached hydrogen (secondary N) is 1. The minimum absolute atomic E-state index is 0.212. The number of hydrogen-bond acceptors (Lipinski definition) is 4. The van der Waals surface area contributed by atoms with Crippen LogP contribution >= 0.6 is 11.3 Å². The lowest BCUT2D eigenvalue weighted by Crippen LogP contribution is -2.13. The molecule has 3 rings (SSSR count). The van der Waals surface area contributed by atoms with Crippen LogP contribution in [0.15, 0.2) is 48.1 Å². The van der Waals surface area contributed by atoms with Crippen LogP contribution in [0.1, 0.15) is 40.8 Å². The molecular weight excluding hydrogens is 375 g/mol. The van der Waals surface area contributed by atoms with E-state index in [4.69, 9.17) is 0 Å². The van der Waals surface area contributed by atoms with Crippen LogP contribution in [-0.2, 0) is 6.18 Å². The summed E-state index contributed by atoms with van der Waals surface area (Å²) >= 11 is 1.24. The molecule has 0 saturated carbocycles. The molecule has 8 heteroatoms. The van der Waals surface area contributed by atoms with E-state index in [0.717, 1.165) is 17.8 Å². The maximum atomic E-state index is 12.7. The van der Waals surface area contributed by atoms with Gasteiger partial charge < -0.3 is 5.32 Å². The Morgan fingerprint density at radius 2 is 1.85 bits per heavy atom. The molecule has 0 aliphatic rings. The summed E-state index contributed by atoms with van der Waals surface area (Å²) in [6.45, 7) is 3.97. The van der Waals surface area contributed by atoms with E-state index >= 15 is 0 Å². The Morgan fingerprint density at radius 1 is 1.15 bits per heavy atom. The fourth-order valence-corrected chi connectivity index (χ4v) is 3.29. The third-order valence-corrected chi connectivity index (χ3v) is 4.76. The van der Waals surface area contributed by atoms with Crippen molar-refractivity contribution < 1.29 is 18.0 Å². The zero-order chi connectivity index (χ0) is 19.6. The maximum absolute atomic E-state index is 12.7. The topological polar surface area (TPSA) is 54.9 Å². The van der Waals surface area contributed by atoms with Gasteiger partial charge in [-0.05, 0) is 29.7 Å². The molecule has 0 bridgehead atoms. The predicted molar refractivity (Wildman–Crippen MR) is 98.8 cm³/mol. The second-order valence-corrected chi connectivity index (χ2v) is 7.04. The summed E-state index contributed by atoms with van der Waals surface area (Å²) in [5, 5.41) is 4.90. The number of rotatable bonds is 4. The molecule has 27 heavy (non-hydrogen) atoms. The average Bonchev–Trinajstić information content (AvgIpc) is 3.12. The van der Waals surface area contributed by atoms with Gasteiger partial charge >= 0.3 is 6.18 Å². The number of hydrogen-bond donors (Lipinski definition) is 1. The first-order valence-corrected chi connectivity index (χ1v) is 9.02.